The number of aliphatic hydroxyl groups is 1. The van der Waals surface area contributed by atoms with E-state index in [4.69, 9.17) is 0 Å². The van der Waals surface area contributed by atoms with Gasteiger partial charge in [-0.25, -0.2) is 0 Å². The van der Waals surface area contributed by atoms with E-state index in [1.54, 1.807) is 30.3 Å². The number of amides is 1. The molecule has 0 aliphatic carbocycles. The molecule has 1 unspecified atom stereocenters. The lowest BCUT2D eigenvalue weighted by Gasteiger charge is -2.20. The van der Waals surface area contributed by atoms with Gasteiger partial charge in [-0.1, -0.05) is 6.92 Å². The Morgan fingerprint density at radius 1 is 1.63 bits per heavy atom. The predicted octanol–water partition coefficient (Wildman–Crippen LogP) is 1.50. The van der Waals surface area contributed by atoms with Crippen molar-refractivity contribution in [3.8, 4) is 0 Å². The Hall–Kier alpha value is -1.62. The van der Waals surface area contributed by atoms with Gasteiger partial charge < -0.3 is 15.3 Å². The molecule has 1 aromatic rings. The van der Waals surface area contributed by atoms with Gasteiger partial charge in [0.2, 0.25) is 0 Å². The van der Waals surface area contributed by atoms with Crippen LogP contribution in [0.25, 0.3) is 0 Å². The first-order chi connectivity index (χ1) is 9.03. The van der Waals surface area contributed by atoms with Crippen LogP contribution in [0.4, 0.5) is 5.69 Å². The van der Waals surface area contributed by atoms with E-state index in [2.05, 4.69) is 17.2 Å². The Morgan fingerprint density at radius 3 is 3.05 bits per heavy atom. The molecule has 0 spiro atoms. The lowest BCUT2D eigenvalue weighted by molar-refractivity contribution is 0.0572. The second-order valence-corrected chi connectivity index (χ2v) is 5.32. The fourth-order valence-electron chi connectivity index (χ4n) is 2.27. The van der Waals surface area contributed by atoms with E-state index in [1.807, 2.05) is 0 Å². The molecule has 0 saturated carbocycles. The molecule has 1 fully saturated rings. The molecule has 0 radical (unpaired) electrons. The molecule has 1 saturated heterocycles. The predicted molar refractivity (Wildman–Crippen MR) is 74.2 cm³/mol. The summed E-state index contributed by atoms with van der Waals surface area (Å²) in [5, 5.41) is 13.2. The third-order valence-corrected chi connectivity index (χ3v) is 3.36. The number of anilines is 1. The topological polar surface area (TPSA) is 65.5 Å². The van der Waals surface area contributed by atoms with Gasteiger partial charge in [0.05, 0.1) is 23.0 Å². The number of nitrogens with one attached hydrogen (secondary N) is 1. The minimum Gasteiger partial charge on any atom is -0.388 e. The number of β-amino-alcohol motifs (C(OH)–C–C–N with tert-alkyl or cyclic N) is 1. The lowest BCUT2D eigenvalue weighted by atomic mass is 10.1. The SMILES string of the molecule is CCCNc1cnccc1C(=O)N1CCC(C)(O)C1. The summed E-state index contributed by atoms with van der Waals surface area (Å²) < 4.78 is 0. The molecule has 1 amide bonds. The van der Waals surface area contributed by atoms with E-state index >= 15 is 0 Å². The maximum absolute atomic E-state index is 12.5. The number of rotatable bonds is 4. The normalized spacial score (nSPS) is 22.6. The van der Waals surface area contributed by atoms with Crippen LogP contribution < -0.4 is 5.32 Å². The highest BCUT2D eigenvalue weighted by molar-refractivity contribution is 5.99. The number of hydrogen-bond donors (Lipinski definition) is 2. The second kappa shape index (κ2) is 5.57. The van der Waals surface area contributed by atoms with Crippen LogP contribution in [0.1, 0.15) is 37.0 Å². The summed E-state index contributed by atoms with van der Waals surface area (Å²) >= 11 is 0. The highest BCUT2D eigenvalue weighted by atomic mass is 16.3. The van der Waals surface area contributed by atoms with Crippen molar-refractivity contribution in [2.45, 2.75) is 32.3 Å². The van der Waals surface area contributed by atoms with Crippen molar-refractivity contribution in [3.63, 3.8) is 0 Å². The van der Waals surface area contributed by atoms with Gasteiger partial charge in [0.15, 0.2) is 0 Å². The van der Waals surface area contributed by atoms with E-state index in [1.165, 1.54) is 0 Å². The molecule has 1 atom stereocenters. The Kier molecular flexibility index (Phi) is 4.04. The van der Waals surface area contributed by atoms with Crippen molar-refractivity contribution in [2.75, 3.05) is 25.0 Å². The first-order valence-electron chi connectivity index (χ1n) is 6.73. The van der Waals surface area contributed by atoms with Crippen molar-refractivity contribution < 1.29 is 9.90 Å². The van der Waals surface area contributed by atoms with Crippen molar-refractivity contribution in [1.82, 2.24) is 9.88 Å². The van der Waals surface area contributed by atoms with Crippen molar-refractivity contribution in [2.24, 2.45) is 0 Å². The molecule has 104 valence electrons. The van der Waals surface area contributed by atoms with Crippen LogP contribution in [0, 0.1) is 0 Å². The largest absolute Gasteiger partial charge is 0.388 e. The Bertz CT molecular complexity index is 460. The van der Waals surface area contributed by atoms with Crippen LogP contribution in [0.15, 0.2) is 18.5 Å². The Labute approximate surface area is 113 Å². The summed E-state index contributed by atoms with van der Waals surface area (Å²) in [6.07, 6.45) is 4.91. The highest BCUT2D eigenvalue weighted by Gasteiger charge is 2.34. The van der Waals surface area contributed by atoms with Gasteiger partial charge in [0.1, 0.15) is 0 Å². The molecule has 2 N–H and O–H groups in total. The monoisotopic (exact) mass is 263 g/mol. The van der Waals surface area contributed by atoms with Crippen LogP contribution in [-0.2, 0) is 0 Å². The number of nitrogens with zero attached hydrogens (tertiary/aromatic N) is 2. The molecule has 5 heteroatoms. The maximum Gasteiger partial charge on any atom is 0.256 e. The zero-order chi connectivity index (χ0) is 13.9. The van der Waals surface area contributed by atoms with Crippen molar-refractivity contribution in [3.05, 3.63) is 24.0 Å². The zero-order valence-corrected chi connectivity index (χ0v) is 11.5. The third-order valence-electron chi connectivity index (χ3n) is 3.36. The summed E-state index contributed by atoms with van der Waals surface area (Å²) in [5.74, 6) is -0.0428. The van der Waals surface area contributed by atoms with Crippen LogP contribution >= 0.6 is 0 Å². The lowest BCUT2D eigenvalue weighted by Crippen LogP contribution is -2.34. The van der Waals surface area contributed by atoms with Crippen LogP contribution in [0.5, 0.6) is 0 Å². The molecule has 1 aliphatic rings. The smallest absolute Gasteiger partial charge is 0.256 e. The van der Waals surface area contributed by atoms with Gasteiger partial charge in [-0.3, -0.25) is 9.78 Å². The van der Waals surface area contributed by atoms with Crippen LogP contribution in [0.3, 0.4) is 0 Å². The van der Waals surface area contributed by atoms with E-state index in [0.717, 1.165) is 18.7 Å². The van der Waals surface area contributed by atoms with Crippen molar-refractivity contribution >= 4 is 11.6 Å². The Morgan fingerprint density at radius 2 is 2.42 bits per heavy atom. The molecular formula is C14H21N3O2. The summed E-state index contributed by atoms with van der Waals surface area (Å²) in [6.45, 7) is 5.64. The quantitative estimate of drug-likeness (QED) is 0.864. The minimum absolute atomic E-state index is 0.0428. The van der Waals surface area contributed by atoms with Gasteiger partial charge in [0.25, 0.3) is 5.91 Å². The first kappa shape index (κ1) is 13.8. The summed E-state index contributed by atoms with van der Waals surface area (Å²) in [4.78, 5) is 18.2. The van der Waals surface area contributed by atoms with E-state index in [0.29, 0.717) is 25.1 Å². The number of likely N-dealkylation sites (tertiary alicyclic amines) is 1. The Balaban J connectivity index is 2.15. The van der Waals surface area contributed by atoms with E-state index in [9.17, 15) is 9.90 Å². The molecule has 1 aromatic heterocycles. The van der Waals surface area contributed by atoms with Crippen LogP contribution in [-0.4, -0.2) is 46.1 Å². The first-order valence-corrected chi connectivity index (χ1v) is 6.73. The third kappa shape index (κ3) is 3.23. The summed E-state index contributed by atoms with van der Waals surface area (Å²) in [6, 6.07) is 1.73. The molecule has 19 heavy (non-hydrogen) atoms. The molecule has 0 aromatic carbocycles. The fourth-order valence-corrected chi connectivity index (χ4v) is 2.27. The molecular weight excluding hydrogens is 242 g/mol. The molecule has 2 heterocycles. The van der Waals surface area contributed by atoms with E-state index < -0.39 is 5.60 Å². The summed E-state index contributed by atoms with van der Waals surface area (Å²) in [5.41, 5.74) is 0.627. The molecule has 0 bridgehead atoms. The number of carbonyl (C=O) groups is 1. The molecule has 2 rings (SSSR count). The number of aromatic nitrogens is 1. The average Bonchev–Trinajstić information content (AvgIpc) is 2.76. The average molecular weight is 263 g/mol. The maximum atomic E-state index is 12.5. The minimum atomic E-state index is -0.764. The van der Waals surface area contributed by atoms with Gasteiger partial charge >= 0.3 is 0 Å². The highest BCUT2D eigenvalue weighted by Crippen LogP contribution is 2.24. The van der Waals surface area contributed by atoms with Crippen molar-refractivity contribution in [1.29, 1.82) is 0 Å². The zero-order valence-electron chi connectivity index (χ0n) is 11.5. The molecule has 1 aliphatic heterocycles. The number of hydrogen-bond acceptors (Lipinski definition) is 4. The van der Waals surface area contributed by atoms with Gasteiger partial charge in [-0.05, 0) is 25.8 Å². The summed E-state index contributed by atoms with van der Waals surface area (Å²) in [7, 11) is 0. The second-order valence-electron chi connectivity index (χ2n) is 5.32. The van der Waals surface area contributed by atoms with Crippen LogP contribution in [0.2, 0.25) is 0 Å². The van der Waals surface area contributed by atoms with Gasteiger partial charge in [-0.15, -0.1) is 0 Å². The number of carbonyl (C=O) groups excluding carboxylic acids is 1. The van der Waals surface area contributed by atoms with Gasteiger partial charge in [0, 0.05) is 25.8 Å². The van der Waals surface area contributed by atoms with E-state index in [-0.39, 0.29) is 5.91 Å². The molecule has 5 nitrogen and oxygen atoms in total. The standard InChI is InChI=1S/C14H21N3O2/c1-3-6-16-12-9-15-7-4-11(12)13(18)17-8-5-14(2,19)10-17/h4,7,9,16,19H,3,5-6,8,10H2,1-2H3. The van der Waals surface area contributed by atoms with Gasteiger partial charge in [-0.2, -0.15) is 0 Å². The number of pyridine rings is 1. The fraction of sp³-hybridized carbons (Fsp3) is 0.571.